The Balaban J connectivity index is 2.92. The zero-order valence-corrected chi connectivity index (χ0v) is 17.0. The Hall–Kier alpha value is -1.53. The van der Waals surface area contributed by atoms with E-state index in [9.17, 15) is 4.79 Å². The van der Waals surface area contributed by atoms with Crippen LogP contribution in [0.1, 0.15) is 27.7 Å². The lowest BCUT2D eigenvalue weighted by atomic mass is 10.2. The van der Waals surface area contributed by atoms with Gasteiger partial charge in [0.2, 0.25) is 0 Å². The van der Waals surface area contributed by atoms with Gasteiger partial charge < -0.3 is 18.6 Å². The highest BCUT2D eigenvalue weighted by Gasteiger charge is 2.43. The maximum Gasteiger partial charge on any atom is 0.337 e. The fraction of sp³-hybridized carbons (Fsp3) is 0.611. The third kappa shape index (κ3) is 5.24. The van der Waals surface area contributed by atoms with E-state index >= 15 is 0 Å². The summed E-state index contributed by atoms with van der Waals surface area (Å²) in [5.41, 5.74) is 0. The smallest absolute Gasteiger partial charge is 0.337 e. The lowest BCUT2D eigenvalue weighted by Gasteiger charge is -2.39. The average Bonchev–Trinajstić information content (AvgIpc) is 2.51. The molecule has 5 nitrogen and oxygen atoms in total. The predicted molar refractivity (Wildman–Crippen MR) is 97.2 cm³/mol. The van der Waals surface area contributed by atoms with Crippen LogP contribution in [0.15, 0.2) is 24.3 Å². The van der Waals surface area contributed by atoms with Crippen LogP contribution < -0.4 is 9.47 Å². The van der Waals surface area contributed by atoms with E-state index in [1.165, 1.54) is 7.11 Å². The van der Waals surface area contributed by atoms with Crippen LogP contribution in [-0.4, -0.2) is 40.7 Å². The molecular weight excluding hydrogens is 324 g/mol. The van der Waals surface area contributed by atoms with Gasteiger partial charge in [0.1, 0.15) is 17.6 Å². The molecule has 0 aromatic heterocycles. The maximum atomic E-state index is 12.2. The third-order valence-corrected chi connectivity index (χ3v) is 8.92. The molecule has 0 N–H and O–H groups in total. The summed E-state index contributed by atoms with van der Waals surface area (Å²) in [7, 11) is 0.833. The Morgan fingerprint density at radius 2 is 1.54 bits per heavy atom. The van der Waals surface area contributed by atoms with Crippen LogP contribution in [0.25, 0.3) is 0 Å². The standard InChI is InChI=1S/C18H30O5Si/c1-13(22-15-11-9-14(20-5)10-12-15)16(17(19)21-6)23-24(7,8)18(2,3)4/h9-13,16H,1-8H3/t13-,16+/m1/s1. The normalized spacial score (nSPS) is 14.7. The fourth-order valence-electron chi connectivity index (χ4n) is 1.88. The van der Waals surface area contributed by atoms with Gasteiger partial charge >= 0.3 is 5.97 Å². The first kappa shape index (κ1) is 20.5. The van der Waals surface area contributed by atoms with Crippen LogP contribution in [0.2, 0.25) is 18.1 Å². The number of carbonyl (C=O) groups is 1. The first-order valence-electron chi connectivity index (χ1n) is 8.08. The highest BCUT2D eigenvalue weighted by atomic mass is 28.4. The van der Waals surface area contributed by atoms with Crippen LogP contribution >= 0.6 is 0 Å². The number of hydrogen-bond acceptors (Lipinski definition) is 5. The van der Waals surface area contributed by atoms with E-state index in [1.54, 1.807) is 19.2 Å². The van der Waals surface area contributed by atoms with Crippen molar-refractivity contribution in [2.45, 2.75) is 58.0 Å². The molecule has 136 valence electrons. The number of benzene rings is 1. The van der Waals surface area contributed by atoms with Crippen molar-refractivity contribution in [3.8, 4) is 11.5 Å². The number of rotatable bonds is 7. The Labute approximate surface area is 146 Å². The minimum absolute atomic E-state index is 0.0148. The van der Waals surface area contributed by atoms with Crippen LogP contribution in [0.5, 0.6) is 11.5 Å². The first-order valence-corrected chi connectivity index (χ1v) is 11.0. The fourth-order valence-corrected chi connectivity index (χ4v) is 3.15. The van der Waals surface area contributed by atoms with Gasteiger partial charge in [0.05, 0.1) is 14.2 Å². The molecule has 24 heavy (non-hydrogen) atoms. The third-order valence-electron chi connectivity index (χ3n) is 4.47. The summed E-state index contributed by atoms with van der Waals surface area (Å²) in [6.45, 7) is 12.4. The maximum absolute atomic E-state index is 12.2. The van der Waals surface area contributed by atoms with Crippen molar-refractivity contribution in [3.63, 3.8) is 0 Å². The Bertz CT molecular complexity index is 533. The van der Waals surface area contributed by atoms with Gasteiger partial charge in [0.15, 0.2) is 14.4 Å². The lowest BCUT2D eigenvalue weighted by molar-refractivity contribution is -0.153. The van der Waals surface area contributed by atoms with Crippen LogP contribution in [0.3, 0.4) is 0 Å². The zero-order valence-electron chi connectivity index (χ0n) is 16.0. The average molecular weight is 355 g/mol. The number of hydrogen-bond donors (Lipinski definition) is 0. The second-order valence-electron chi connectivity index (χ2n) is 7.32. The summed E-state index contributed by atoms with van der Waals surface area (Å²) in [6.07, 6.45) is -1.24. The highest BCUT2D eigenvalue weighted by Crippen LogP contribution is 2.38. The van der Waals surface area contributed by atoms with E-state index in [0.717, 1.165) is 5.75 Å². The second-order valence-corrected chi connectivity index (χ2v) is 12.1. The van der Waals surface area contributed by atoms with E-state index in [4.69, 9.17) is 18.6 Å². The Morgan fingerprint density at radius 3 is 1.96 bits per heavy atom. The molecule has 0 saturated carbocycles. The van der Waals surface area contributed by atoms with Crippen molar-refractivity contribution in [2.75, 3.05) is 14.2 Å². The molecule has 0 unspecified atom stereocenters. The number of carbonyl (C=O) groups excluding carboxylic acids is 1. The van der Waals surface area contributed by atoms with E-state index in [2.05, 4.69) is 33.9 Å². The quantitative estimate of drug-likeness (QED) is 0.547. The summed E-state index contributed by atoms with van der Waals surface area (Å²) in [5.74, 6) is 0.980. The number of ether oxygens (including phenoxy) is 3. The molecule has 0 bridgehead atoms. The van der Waals surface area contributed by atoms with Crippen molar-refractivity contribution in [1.29, 1.82) is 0 Å². The predicted octanol–water partition coefficient (Wildman–Crippen LogP) is 4.03. The summed E-state index contributed by atoms with van der Waals surface area (Å²) < 4.78 is 22.2. The molecule has 2 atom stereocenters. The molecule has 0 radical (unpaired) electrons. The minimum Gasteiger partial charge on any atom is -0.497 e. The molecule has 6 heteroatoms. The van der Waals surface area contributed by atoms with Crippen molar-refractivity contribution in [2.24, 2.45) is 0 Å². The summed E-state index contributed by atoms with van der Waals surface area (Å²) in [6, 6.07) is 7.22. The van der Waals surface area contributed by atoms with E-state index in [1.807, 2.05) is 19.1 Å². The van der Waals surface area contributed by atoms with E-state index in [-0.39, 0.29) is 5.04 Å². The Morgan fingerprint density at radius 1 is 1.04 bits per heavy atom. The lowest BCUT2D eigenvalue weighted by Crippen LogP contribution is -2.50. The van der Waals surface area contributed by atoms with Crippen LogP contribution in [0.4, 0.5) is 0 Å². The molecule has 1 aromatic rings. The number of esters is 1. The van der Waals surface area contributed by atoms with Crippen molar-refractivity contribution in [1.82, 2.24) is 0 Å². The van der Waals surface area contributed by atoms with Gasteiger partial charge in [-0.25, -0.2) is 4.79 Å². The molecule has 1 rings (SSSR count). The van der Waals surface area contributed by atoms with Gasteiger partial charge in [-0.3, -0.25) is 0 Å². The van der Waals surface area contributed by atoms with Crippen molar-refractivity contribution >= 4 is 14.3 Å². The molecule has 0 heterocycles. The topological polar surface area (TPSA) is 54.0 Å². The second kappa shape index (κ2) is 8.03. The number of methoxy groups -OCH3 is 2. The van der Waals surface area contributed by atoms with Gasteiger partial charge in [-0.2, -0.15) is 0 Å². The zero-order chi connectivity index (χ0) is 18.5. The molecule has 0 aliphatic rings. The van der Waals surface area contributed by atoms with Gasteiger partial charge in [0.25, 0.3) is 0 Å². The van der Waals surface area contributed by atoms with Crippen molar-refractivity contribution < 1.29 is 23.4 Å². The van der Waals surface area contributed by atoms with Gasteiger partial charge in [0, 0.05) is 0 Å². The molecular formula is C18H30O5Si. The first-order chi connectivity index (χ1) is 11.0. The van der Waals surface area contributed by atoms with Gasteiger partial charge in [-0.15, -0.1) is 0 Å². The molecule has 0 amide bonds. The van der Waals surface area contributed by atoms with Gasteiger partial charge in [-0.05, 0) is 49.3 Å². The minimum atomic E-state index is -2.14. The van der Waals surface area contributed by atoms with Crippen molar-refractivity contribution in [3.05, 3.63) is 24.3 Å². The van der Waals surface area contributed by atoms with Crippen LogP contribution in [0, 0.1) is 0 Å². The summed E-state index contributed by atoms with van der Waals surface area (Å²) in [4.78, 5) is 12.2. The SMILES string of the molecule is COC(=O)[C@@H](O[Si](C)(C)C(C)(C)C)[C@@H](C)Oc1ccc(OC)cc1. The summed E-state index contributed by atoms with van der Waals surface area (Å²) in [5, 5.41) is -0.0148. The van der Waals surface area contributed by atoms with E-state index in [0.29, 0.717) is 5.75 Å². The molecule has 0 fully saturated rings. The largest absolute Gasteiger partial charge is 0.497 e. The monoisotopic (exact) mass is 354 g/mol. The van der Waals surface area contributed by atoms with E-state index < -0.39 is 26.5 Å². The molecule has 0 aliphatic heterocycles. The Kier molecular flexibility index (Phi) is 6.86. The molecule has 0 saturated heterocycles. The summed E-state index contributed by atoms with van der Waals surface area (Å²) >= 11 is 0. The van der Waals surface area contributed by atoms with Crippen LogP contribution in [-0.2, 0) is 14.0 Å². The molecule has 0 spiro atoms. The highest BCUT2D eigenvalue weighted by molar-refractivity contribution is 6.74. The van der Waals surface area contributed by atoms with Gasteiger partial charge in [-0.1, -0.05) is 20.8 Å². The molecule has 1 aromatic carbocycles. The molecule has 0 aliphatic carbocycles.